The van der Waals surface area contributed by atoms with Crippen molar-refractivity contribution >= 4 is 29.2 Å². The molecule has 0 bridgehead atoms. The minimum atomic E-state index is -0.716. The Labute approximate surface area is 131 Å². The SMILES string of the molecule is CCOC(=O)c1cccc(NC(=O)c2c(F)cccc2Cl)c1. The maximum atomic E-state index is 13.7. The lowest BCUT2D eigenvalue weighted by molar-refractivity contribution is 0.0526. The van der Waals surface area contributed by atoms with Gasteiger partial charge in [-0.3, -0.25) is 4.79 Å². The van der Waals surface area contributed by atoms with Gasteiger partial charge in [0.25, 0.3) is 5.91 Å². The van der Waals surface area contributed by atoms with Gasteiger partial charge in [0.15, 0.2) is 0 Å². The van der Waals surface area contributed by atoms with E-state index < -0.39 is 17.7 Å². The molecule has 0 saturated carbocycles. The Kier molecular flexibility index (Phi) is 5.12. The molecule has 4 nitrogen and oxygen atoms in total. The molecule has 0 aliphatic carbocycles. The third kappa shape index (κ3) is 3.62. The molecule has 0 aliphatic rings. The second-order valence-corrected chi connectivity index (χ2v) is 4.76. The van der Waals surface area contributed by atoms with Crippen molar-refractivity contribution in [1.82, 2.24) is 0 Å². The second-order valence-electron chi connectivity index (χ2n) is 4.35. The van der Waals surface area contributed by atoms with Gasteiger partial charge in [-0.2, -0.15) is 0 Å². The molecular weight excluding hydrogens is 309 g/mol. The number of rotatable bonds is 4. The number of halogens is 2. The van der Waals surface area contributed by atoms with Crippen LogP contribution in [0.1, 0.15) is 27.6 Å². The number of hydrogen-bond acceptors (Lipinski definition) is 3. The summed E-state index contributed by atoms with van der Waals surface area (Å²) in [4.78, 5) is 23.8. The van der Waals surface area contributed by atoms with Gasteiger partial charge < -0.3 is 10.1 Å². The zero-order valence-electron chi connectivity index (χ0n) is 11.7. The maximum absolute atomic E-state index is 13.7. The third-order valence-electron chi connectivity index (χ3n) is 2.82. The number of amides is 1. The molecule has 0 atom stereocenters. The lowest BCUT2D eigenvalue weighted by Gasteiger charge is -2.09. The maximum Gasteiger partial charge on any atom is 0.338 e. The second kappa shape index (κ2) is 7.04. The zero-order chi connectivity index (χ0) is 16.1. The highest BCUT2D eigenvalue weighted by Gasteiger charge is 2.16. The standard InChI is InChI=1S/C16H13ClFNO3/c1-2-22-16(21)10-5-3-6-11(9-10)19-15(20)14-12(17)7-4-8-13(14)18/h3-9H,2H2,1H3,(H,19,20). The Morgan fingerprint density at radius 3 is 2.64 bits per heavy atom. The summed E-state index contributed by atoms with van der Waals surface area (Å²) in [7, 11) is 0. The zero-order valence-corrected chi connectivity index (χ0v) is 12.5. The van der Waals surface area contributed by atoms with E-state index in [4.69, 9.17) is 16.3 Å². The first kappa shape index (κ1) is 16.0. The summed E-state index contributed by atoms with van der Waals surface area (Å²) in [6.07, 6.45) is 0. The minimum Gasteiger partial charge on any atom is -0.462 e. The van der Waals surface area contributed by atoms with Crippen molar-refractivity contribution in [3.8, 4) is 0 Å². The highest BCUT2D eigenvalue weighted by atomic mass is 35.5. The largest absolute Gasteiger partial charge is 0.462 e. The molecule has 6 heteroatoms. The van der Waals surface area contributed by atoms with Crippen LogP contribution in [-0.2, 0) is 4.74 Å². The van der Waals surface area contributed by atoms with Crippen LogP contribution in [0.5, 0.6) is 0 Å². The van der Waals surface area contributed by atoms with Crippen LogP contribution in [0.3, 0.4) is 0 Å². The number of esters is 1. The number of anilines is 1. The predicted octanol–water partition coefficient (Wildman–Crippen LogP) is 3.91. The fraction of sp³-hybridized carbons (Fsp3) is 0.125. The molecule has 1 N–H and O–H groups in total. The molecule has 0 radical (unpaired) electrons. The normalized spacial score (nSPS) is 10.1. The van der Waals surface area contributed by atoms with Crippen LogP contribution in [0.25, 0.3) is 0 Å². The summed E-state index contributed by atoms with van der Waals surface area (Å²) in [5.41, 5.74) is 0.389. The number of carbonyl (C=O) groups is 2. The molecule has 0 heterocycles. The third-order valence-corrected chi connectivity index (χ3v) is 3.14. The van der Waals surface area contributed by atoms with Crippen LogP contribution in [0.4, 0.5) is 10.1 Å². The Balaban J connectivity index is 2.22. The summed E-state index contributed by atoms with van der Waals surface area (Å²) < 4.78 is 18.6. The number of nitrogens with one attached hydrogen (secondary N) is 1. The summed E-state index contributed by atoms with van der Waals surface area (Å²) in [6, 6.07) is 10.2. The van der Waals surface area contributed by atoms with Crippen molar-refractivity contribution in [2.45, 2.75) is 6.92 Å². The van der Waals surface area contributed by atoms with Gasteiger partial charge in [-0.15, -0.1) is 0 Å². The highest BCUT2D eigenvalue weighted by molar-refractivity contribution is 6.34. The van der Waals surface area contributed by atoms with E-state index >= 15 is 0 Å². The first-order chi connectivity index (χ1) is 10.5. The van der Waals surface area contributed by atoms with Crippen molar-refractivity contribution < 1.29 is 18.7 Å². The van der Waals surface area contributed by atoms with Crippen LogP contribution in [0.15, 0.2) is 42.5 Å². The van der Waals surface area contributed by atoms with Crippen LogP contribution >= 0.6 is 11.6 Å². The molecule has 0 fully saturated rings. The van der Waals surface area contributed by atoms with E-state index in [1.807, 2.05) is 0 Å². The van der Waals surface area contributed by atoms with Crippen LogP contribution in [0.2, 0.25) is 5.02 Å². The van der Waals surface area contributed by atoms with Gasteiger partial charge in [0.1, 0.15) is 5.82 Å². The van der Waals surface area contributed by atoms with E-state index in [1.165, 1.54) is 18.2 Å². The van der Waals surface area contributed by atoms with Crippen molar-refractivity contribution in [1.29, 1.82) is 0 Å². The lowest BCUT2D eigenvalue weighted by Crippen LogP contribution is -2.15. The van der Waals surface area contributed by atoms with E-state index in [1.54, 1.807) is 25.1 Å². The van der Waals surface area contributed by atoms with Crippen molar-refractivity contribution in [3.63, 3.8) is 0 Å². The van der Waals surface area contributed by atoms with Crippen molar-refractivity contribution in [2.75, 3.05) is 11.9 Å². The van der Waals surface area contributed by atoms with Crippen LogP contribution in [-0.4, -0.2) is 18.5 Å². The topological polar surface area (TPSA) is 55.4 Å². The molecule has 0 unspecified atom stereocenters. The molecule has 0 aromatic heterocycles. The van der Waals surface area contributed by atoms with Gasteiger partial charge in [0, 0.05) is 5.69 Å². The van der Waals surface area contributed by atoms with E-state index in [0.29, 0.717) is 11.3 Å². The fourth-order valence-corrected chi connectivity index (χ4v) is 2.10. The molecular formula is C16H13ClFNO3. The molecule has 0 aliphatic heterocycles. The van der Waals surface area contributed by atoms with Gasteiger partial charge in [0.05, 0.1) is 22.8 Å². The molecule has 2 rings (SSSR count). The number of benzene rings is 2. The number of hydrogen-bond donors (Lipinski definition) is 1. The van der Waals surface area contributed by atoms with Gasteiger partial charge >= 0.3 is 5.97 Å². The monoisotopic (exact) mass is 321 g/mol. The average Bonchev–Trinajstić information content (AvgIpc) is 2.47. The first-order valence-corrected chi connectivity index (χ1v) is 6.93. The molecule has 2 aromatic carbocycles. The molecule has 1 amide bonds. The number of carbonyl (C=O) groups excluding carboxylic acids is 2. The Hall–Kier alpha value is -2.40. The van der Waals surface area contributed by atoms with Gasteiger partial charge in [-0.25, -0.2) is 9.18 Å². The molecule has 22 heavy (non-hydrogen) atoms. The summed E-state index contributed by atoms with van der Waals surface area (Å²) in [5.74, 6) is -1.90. The van der Waals surface area contributed by atoms with Crippen molar-refractivity contribution in [3.05, 3.63) is 64.4 Å². The van der Waals surface area contributed by atoms with Crippen LogP contribution < -0.4 is 5.32 Å². The van der Waals surface area contributed by atoms with Gasteiger partial charge in [-0.05, 0) is 37.3 Å². The van der Waals surface area contributed by atoms with E-state index in [2.05, 4.69) is 5.32 Å². The van der Waals surface area contributed by atoms with Crippen LogP contribution in [0, 0.1) is 5.82 Å². The van der Waals surface area contributed by atoms with E-state index in [9.17, 15) is 14.0 Å². The Morgan fingerprint density at radius 1 is 1.23 bits per heavy atom. The molecule has 114 valence electrons. The van der Waals surface area contributed by atoms with Crippen molar-refractivity contribution in [2.24, 2.45) is 0 Å². The quantitative estimate of drug-likeness (QED) is 0.869. The molecule has 2 aromatic rings. The van der Waals surface area contributed by atoms with E-state index in [-0.39, 0.29) is 17.2 Å². The Morgan fingerprint density at radius 2 is 1.95 bits per heavy atom. The summed E-state index contributed by atoms with van der Waals surface area (Å²) in [6.45, 7) is 1.95. The number of ether oxygens (including phenoxy) is 1. The predicted molar refractivity (Wildman–Crippen MR) is 81.8 cm³/mol. The molecule has 0 saturated heterocycles. The average molecular weight is 322 g/mol. The van der Waals surface area contributed by atoms with E-state index in [0.717, 1.165) is 6.07 Å². The van der Waals surface area contributed by atoms with Gasteiger partial charge in [-0.1, -0.05) is 23.7 Å². The minimum absolute atomic E-state index is 0.0130. The summed E-state index contributed by atoms with van der Waals surface area (Å²) in [5, 5.41) is 2.52. The highest BCUT2D eigenvalue weighted by Crippen LogP contribution is 2.21. The Bertz CT molecular complexity index is 698. The smallest absolute Gasteiger partial charge is 0.338 e. The fourth-order valence-electron chi connectivity index (χ4n) is 1.85. The van der Waals surface area contributed by atoms with Gasteiger partial charge in [0.2, 0.25) is 0 Å². The lowest BCUT2D eigenvalue weighted by atomic mass is 10.1. The summed E-state index contributed by atoms with van der Waals surface area (Å²) >= 11 is 5.84. The molecule has 0 spiro atoms. The first-order valence-electron chi connectivity index (χ1n) is 6.55.